The maximum Gasteiger partial charge on any atom is 1.00 e. The van der Waals surface area contributed by atoms with Crippen molar-refractivity contribution in [1.82, 2.24) is 0 Å². The standard InChI is InChI=1S/C45H51N3O7S3.2Na/c1-44(2)37-16-5-7-18-39(37)47(28-9-11-30-57(49,50)51)41(44)26-20-33-14-13-15-34(43(33)55-36-24-22-35(23-25-36)46-32-56)21-27-42-45(3,4)38-17-6-8-19-40(38)48(42)29-10-12-31-58(52,53)54;;/h5-8,16-27H,9-15,28-31H2,1-4H3,(H-,49,50,51,52,53,54);;/q;2*+1/p-1. The van der Waals surface area contributed by atoms with E-state index in [4.69, 9.17) is 17.0 Å². The van der Waals surface area contributed by atoms with E-state index in [9.17, 15) is 25.9 Å². The Labute approximate surface area is 405 Å². The normalized spacial score (nSPS) is 18.3. The van der Waals surface area contributed by atoms with Gasteiger partial charge in [-0.3, -0.25) is 0 Å². The number of nitrogens with zero attached hydrogens (tertiary/aromatic N) is 3. The van der Waals surface area contributed by atoms with E-state index in [0.717, 1.165) is 59.0 Å². The molecule has 0 saturated carbocycles. The van der Waals surface area contributed by atoms with Gasteiger partial charge in [-0.2, -0.15) is 9.57 Å². The van der Waals surface area contributed by atoms with Crippen molar-refractivity contribution in [2.45, 2.75) is 83.5 Å². The Kier molecular flexibility index (Phi) is 17.8. The molecule has 1 aliphatic carbocycles. The second-order valence-electron chi connectivity index (χ2n) is 16.0. The molecule has 3 aromatic carbocycles. The fourth-order valence-corrected chi connectivity index (χ4v) is 9.55. The predicted octanol–water partition coefficient (Wildman–Crippen LogP) is 3.14. The van der Waals surface area contributed by atoms with Crippen molar-refractivity contribution < 1.29 is 94.4 Å². The third-order valence-corrected chi connectivity index (χ3v) is 12.9. The van der Waals surface area contributed by atoms with Gasteiger partial charge in [0.05, 0.1) is 36.5 Å². The van der Waals surface area contributed by atoms with Crippen LogP contribution in [0.5, 0.6) is 5.75 Å². The van der Waals surface area contributed by atoms with E-state index in [1.807, 2.05) is 48.5 Å². The average molecular weight is 887 g/mol. The van der Waals surface area contributed by atoms with E-state index in [2.05, 4.69) is 95.9 Å². The van der Waals surface area contributed by atoms with Crippen LogP contribution in [0.2, 0.25) is 0 Å². The molecule has 6 rings (SSSR count). The van der Waals surface area contributed by atoms with Crippen molar-refractivity contribution in [3.8, 4) is 5.75 Å². The number of allylic oxidation sites excluding steroid dienone is 7. The zero-order valence-corrected chi connectivity index (χ0v) is 41.9. The van der Waals surface area contributed by atoms with Crippen LogP contribution in [0.4, 0.5) is 17.1 Å². The number of thiocarbonyl (C=S) groups is 1. The number of benzene rings is 3. The van der Waals surface area contributed by atoms with Gasteiger partial charge in [0.25, 0.3) is 0 Å². The first kappa shape index (κ1) is 50.2. The van der Waals surface area contributed by atoms with Crippen molar-refractivity contribution in [2.75, 3.05) is 29.5 Å². The quantitative estimate of drug-likeness (QED) is 0.0530. The zero-order chi connectivity index (χ0) is 41.7. The maximum absolute atomic E-state index is 11.4. The van der Waals surface area contributed by atoms with E-state index in [1.54, 1.807) is 0 Å². The summed E-state index contributed by atoms with van der Waals surface area (Å²) in [6, 6.07) is 23.9. The minimum absolute atomic E-state index is 0. The third-order valence-electron chi connectivity index (χ3n) is 11.2. The maximum atomic E-state index is 11.4. The number of fused-ring (bicyclic) bond motifs is 2. The fraction of sp³-hybridized carbons (Fsp3) is 0.378. The first-order valence-corrected chi connectivity index (χ1v) is 23.2. The molecule has 15 heteroatoms. The molecule has 0 amide bonds. The molecule has 60 heavy (non-hydrogen) atoms. The van der Waals surface area contributed by atoms with Gasteiger partial charge in [-0.05, 0) is 124 Å². The summed E-state index contributed by atoms with van der Waals surface area (Å²) in [6.45, 7) is 9.89. The van der Waals surface area contributed by atoms with E-state index in [-0.39, 0.29) is 94.3 Å². The first-order valence-electron chi connectivity index (χ1n) is 19.7. The molecule has 3 aliphatic rings. The zero-order valence-electron chi connectivity index (χ0n) is 35.4. The molecule has 2 aliphatic heterocycles. The van der Waals surface area contributed by atoms with Gasteiger partial charge in [-0.15, -0.1) is 0 Å². The smallest absolute Gasteiger partial charge is 0.748 e. The molecular formula is C45H50N3Na2O7S3+. The van der Waals surface area contributed by atoms with E-state index >= 15 is 0 Å². The Morgan fingerprint density at radius 1 is 0.800 bits per heavy atom. The SMILES string of the molecule is CC1(C)C(=CC=C2CCCC(C=CC3=[N+](CCCCS(=O)(=O)[O-])c4ccccc4C3(C)C)=C2Oc2ccc(N=C=S)cc2)N(CCCCS(=O)(=O)[O-])c2ccccc21.[Na+].[Na+]. The number of hydrogen-bond acceptors (Lipinski definition) is 10. The Hall–Kier alpha value is -2.49. The summed E-state index contributed by atoms with van der Waals surface area (Å²) in [7, 11) is -8.59. The molecule has 0 N–H and O–H groups in total. The summed E-state index contributed by atoms with van der Waals surface area (Å²) in [4.78, 5) is 6.33. The van der Waals surface area contributed by atoms with Crippen LogP contribution in [0.15, 0.2) is 125 Å². The van der Waals surface area contributed by atoms with Crippen LogP contribution < -0.4 is 68.8 Å². The van der Waals surface area contributed by atoms with Gasteiger partial charge in [0.1, 0.15) is 18.1 Å². The summed E-state index contributed by atoms with van der Waals surface area (Å²) in [5.74, 6) is 0.625. The summed E-state index contributed by atoms with van der Waals surface area (Å²) < 4.78 is 77.2. The van der Waals surface area contributed by atoms with Crippen LogP contribution in [-0.2, 0) is 31.1 Å². The van der Waals surface area contributed by atoms with Crippen LogP contribution in [-0.4, -0.2) is 66.0 Å². The van der Waals surface area contributed by atoms with Gasteiger partial charge in [0.2, 0.25) is 5.69 Å². The molecule has 306 valence electrons. The second kappa shape index (κ2) is 21.3. The second-order valence-corrected chi connectivity index (χ2v) is 19.2. The molecule has 0 saturated heterocycles. The monoisotopic (exact) mass is 886 g/mol. The molecule has 0 radical (unpaired) electrons. The van der Waals surface area contributed by atoms with Gasteiger partial charge < -0.3 is 18.7 Å². The van der Waals surface area contributed by atoms with Crippen LogP contribution in [0.1, 0.15) is 83.8 Å². The van der Waals surface area contributed by atoms with Crippen LogP contribution in [0, 0.1) is 0 Å². The summed E-state index contributed by atoms with van der Waals surface area (Å²) in [5, 5.41) is 2.41. The molecule has 0 unspecified atom stereocenters. The largest absolute Gasteiger partial charge is 1.00 e. The average Bonchev–Trinajstić information content (AvgIpc) is 3.52. The summed E-state index contributed by atoms with van der Waals surface area (Å²) >= 11 is 4.80. The molecule has 0 atom stereocenters. The van der Waals surface area contributed by atoms with Crippen LogP contribution in [0.3, 0.4) is 0 Å². The van der Waals surface area contributed by atoms with Gasteiger partial charge in [0.15, 0.2) is 5.71 Å². The Morgan fingerprint density at radius 3 is 2.10 bits per heavy atom. The third kappa shape index (κ3) is 12.2. The Bertz CT molecular complexity index is 2490. The summed E-state index contributed by atoms with van der Waals surface area (Å²) in [5.41, 5.74) is 8.64. The number of rotatable bonds is 16. The minimum Gasteiger partial charge on any atom is -0.748 e. The van der Waals surface area contributed by atoms with Gasteiger partial charge >= 0.3 is 59.1 Å². The minimum atomic E-state index is -4.29. The molecular weight excluding hydrogens is 837 g/mol. The predicted molar refractivity (Wildman–Crippen MR) is 232 cm³/mol. The molecule has 0 aromatic heterocycles. The van der Waals surface area contributed by atoms with Crippen molar-refractivity contribution in [3.63, 3.8) is 0 Å². The number of isothiocyanates is 1. The Morgan fingerprint density at radius 2 is 1.43 bits per heavy atom. The van der Waals surface area contributed by atoms with Crippen molar-refractivity contribution in [1.29, 1.82) is 0 Å². The fourth-order valence-electron chi connectivity index (χ4n) is 8.33. The van der Waals surface area contributed by atoms with E-state index in [1.165, 1.54) is 11.1 Å². The Balaban J connectivity index is 0.00000397. The van der Waals surface area contributed by atoms with E-state index < -0.39 is 20.2 Å². The number of anilines is 1. The van der Waals surface area contributed by atoms with Gasteiger partial charge in [-0.25, -0.2) is 16.8 Å². The summed E-state index contributed by atoms with van der Waals surface area (Å²) in [6.07, 6.45) is 12.7. The number of ether oxygens (including phenoxy) is 1. The van der Waals surface area contributed by atoms with E-state index in [0.29, 0.717) is 37.4 Å². The van der Waals surface area contributed by atoms with Crippen molar-refractivity contribution in [3.05, 3.63) is 131 Å². The molecule has 10 nitrogen and oxygen atoms in total. The topological polar surface area (TPSA) is 142 Å². The first-order chi connectivity index (χ1) is 27.5. The van der Waals surface area contributed by atoms with Gasteiger partial charge in [-0.1, -0.05) is 56.3 Å². The molecule has 2 heterocycles. The van der Waals surface area contributed by atoms with Crippen LogP contribution >= 0.6 is 12.2 Å². The molecule has 0 bridgehead atoms. The number of para-hydroxylation sites is 2. The van der Waals surface area contributed by atoms with Crippen LogP contribution in [0.25, 0.3) is 0 Å². The van der Waals surface area contributed by atoms with Crippen molar-refractivity contribution >= 4 is 60.4 Å². The van der Waals surface area contributed by atoms with Crippen molar-refractivity contribution in [2.24, 2.45) is 4.99 Å². The molecule has 3 aromatic rings. The molecule has 0 fully saturated rings. The number of unbranched alkanes of at least 4 members (excludes halogenated alkanes) is 2. The van der Waals surface area contributed by atoms with Gasteiger partial charge in [0, 0.05) is 59.0 Å². The molecule has 0 spiro atoms. The number of aliphatic imine (C=N–C) groups is 1. The number of hydrogen-bond donors (Lipinski definition) is 0.